The summed E-state index contributed by atoms with van der Waals surface area (Å²) in [7, 11) is 0. The molecule has 7 atom stereocenters. The van der Waals surface area contributed by atoms with Crippen LogP contribution < -0.4 is 9.80 Å². The van der Waals surface area contributed by atoms with Gasteiger partial charge < -0.3 is 24.5 Å². The van der Waals surface area contributed by atoms with E-state index in [0.717, 1.165) is 18.8 Å². The highest BCUT2D eigenvalue weighted by Crippen LogP contribution is 2.68. The summed E-state index contributed by atoms with van der Waals surface area (Å²) in [5, 5.41) is 9.92. The maximum Gasteiger partial charge on any atom is 0.311 e. The molecule has 1 spiro atoms. The topological polar surface area (TPSA) is 90.4 Å². The number of alkyl halides is 1. The van der Waals surface area contributed by atoms with Crippen LogP contribution in [0.1, 0.15) is 27.2 Å². The molecule has 3 aliphatic heterocycles. The van der Waals surface area contributed by atoms with Crippen LogP contribution in [0.15, 0.2) is 49.6 Å². The lowest BCUT2D eigenvalue weighted by atomic mass is 9.71. The molecule has 3 unspecified atom stereocenters. The fraction of sp³-hybridized carbons (Fsp3) is 0.552. The summed E-state index contributed by atoms with van der Waals surface area (Å²) in [5.74, 6) is -2.36. The van der Waals surface area contributed by atoms with Gasteiger partial charge in [0.15, 0.2) is 0 Å². The zero-order valence-corrected chi connectivity index (χ0v) is 25.2. The number of halogens is 1. The molecule has 1 aromatic carbocycles. The van der Waals surface area contributed by atoms with E-state index in [9.17, 15) is 19.5 Å². The molecule has 1 aromatic rings. The molecule has 8 nitrogen and oxygen atoms in total. The number of fused-ring (bicyclic) bond motifs is 1. The second kappa shape index (κ2) is 12.1. The highest BCUT2D eigenvalue weighted by molar-refractivity contribution is 9.09. The van der Waals surface area contributed by atoms with E-state index in [-0.39, 0.29) is 41.6 Å². The van der Waals surface area contributed by atoms with Gasteiger partial charge in [-0.1, -0.05) is 34.7 Å². The van der Waals surface area contributed by atoms with Crippen molar-refractivity contribution in [3.8, 4) is 0 Å². The van der Waals surface area contributed by atoms with Crippen molar-refractivity contribution in [2.75, 3.05) is 42.6 Å². The number of benzene rings is 1. The molecule has 212 valence electrons. The third kappa shape index (κ3) is 4.93. The predicted octanol–water partition coefficient (Wildman–Crippen LogP) is 3.63. The van der Waals surface area contributed by atoms with Gasteiger partial charge in [-0.15, -0.1) is 18.3 Å². The average molecular weight is 621 g/mol. The van der Waals surface area contributed by atoms with Gasteiger partial charge in [-0.2, -0.15) is 0 Å². The minimum Gasteiger partial charge on any atom is -0.461 e. The minimum atomic E-state index is -0.855. The molecule has 2 bridgehead atoms. The zero-order chi connectivity index (χ0) is 28.5. The van der Waals surface area contributed by atoms with Gasteiger partial charge in [0.1, 0.15) is 12.6 Å². The maximum atomic E-state index is 14.6. The van der Waals surface area contributed by atoms with Gasteiger partial charge in [0.2, 0.25) is 5.91 Å². The van der Waals surface area contributed by atoms with E-state index in [0.29, 0.717) is 12.1 Å². The SMILES string of the molecule is C=CCOC(=O)[C@H]1[C@@H]2SC3(CC2Br)C(C(=O)N(CC=C)c2ccc(N(CC)CC)cc2)N([C@H](C)CO)C(=O)[C@H]13. The second-order valence-corrected chi connectivity index (χ2v) is 13.0. The molecule has 3 fully saturated rings. The van der Waals surface area contributed by atoms with Gasteiger partial charge in [0.25, 0.3) is 5.91 Å². The van der Waals surface area contributed by atoms with Crippen molar-refractivity contribution in [3.05, 3.63) is 49.6 Å². The Labute approximate surface area is 243 Å². The van der Waals surface area contributed by atoms with Crippen LogP contribution in [-0.2, 0) is 19.1 Å². The Bertz CT molecular complexity index is 1110. The highest BCUT2D eigenvalue weighted by Gasteiger charge is 2.76. The molecule has 4 rings (SSSR count). The number of ether oxygens (including phenoxy) is 1. The highest BCUT2D eigenvalue weighted by atomic mass is 79.9. The number of carbonyl (C=O) groups excluding carboxylic acids is 3. The minimum absolute atomic E-state index is 0.0588. The molecular formula is C29H38BrN3O5S. The molecule has 0 saturated carbocycles. The number of hydrogen-bond donors (Lipinski definition) is 1. The van der Waals surface area contributed by atoms with Crippen LogP contribution >= 0.6 is 27.7 Å². The first-order valence-corrected chi connectivity index (χ1v) is 15.3. The fourth-order valence-electron chi connectivity index (χ4n) is 6.45. The number of anilines is 2. The number of rotatable bonds is 12. The van der Waals surface area contributed by atoms with Crippen LogP contribution in [0, 0.1) is 11.8 Å². The Kier molecular flexibility index (Phi) is 9.18. The van der Waals surface area contributed by atoms with Crippen LogP contribution in [0.4, 0.5) is 11.4 Å². The van der Waals surface area contributed by atoms with E-state index in [4.69, 9.17) is 4.74 Å². The third-order valence-corrected chi connectivity index (χ3v) is 11.4. The lowest BCUT2D eigenvalue weighted by Crippen LogP contribution is -2.57. The lowest BCUT2D eigenvalue weighted by molar-refractivity contribution is -0.153. The summed E-state index contributed by atoms with van der Waals surface area (Å²) >= 11 is 5.29. The molecule has 1 N–H and O–H groups in total. The number of aliphatic hydroxyl groups excluding tert-OH is 1. The van der Waals surface area contributed by atoms with Gasteiger partial charge in [0, 0.05) is 41.1 Å². The molecule has 3 saturated heterocycles. The Morgan fingerprint density at radius 3 is 2.44 bits per heavy atom. The van der Waals surface area contributed by atoms with E-state index in [2.05, 4.69) is 47.8 Å². The molecule has 10 heteroatoms. The van der Waals surface area contributed by atoms with Crippen LogP contribution in [0.3, 0.4) is 0 Å². The van der Waals surface area contributed by atoms with Crippen molar-refractivity contribution in [1.82, 2.24) is 4.90 Å². The first-order valence-electron chi connectivity index (χ1n) is 13.5. The van der Waals surface area contributed by atoms with Crippen LogP contribution in [0.2, 0.25) is 0 Å². The maximum absolute atomic E-state index is 14.6. The van der Waals surface area contributed by atoms with E-state index >= 15 is 0 Å². The summed E-state index contributed by atoms with van der Waals surface area (Å²) in [4.78, 5) is 47.2. The number of thioether (sulfide) groups is 1. The van der Waals surface area contributed by atoms with Crippen molar-refractivity contribution in [3.63, 3.8) is 0 Å². The Morgan fingerprint density at radius 1 is 1.23 bits per heavy atom. The summed E-state index contributed by atoms with van der Waals surface area (Å²) in [5.41, 5.74) is 1.77. The molecule has 3 heterocycles. The Hall–Kier alpha value is -2.30. The number of aliphatic hydroxyl groups is 1. The second-order valence-electron chi connectivity index (χ2n) is 10.3. The third-order valence-electron chi connectivity index (χ3n) is 8.18. The number of likely N-dealkylation sites (tertiary alicyclic amines) is 1. The number of esters is 1. The van der Waals surface area contributed by atoms with Gasteiger partial charge in [0.05, 0.1) is 29.2 Å². The molecule has 3 aliphatic rings. The molecule has 0 radical (unpaired) electrons. The molecule has 39 heavy (non-hydrogen) atoms. The van der Waals surface area contributed by atoms with Crippen molar-refractivity contribution < 1.29 is 24.2 Å². The average Bonchev–Trinajstić information content (AvgIpc) is 3.54. The lowest BCUT2D eigenvalue weighted by Gasteiger charge is -2.39. The molecular weight excluding hydrogens is 582 g/mol. The summed E-state index contributed by atoms with van der Waals surface area (Å²) < 4.78 is 4.60. The van der Waals surface area contributed by atoms with Crippen molar-refractivity contribution in [1.29, 1.82) is 0 Å². The van der Waals surface area contributed by atoms with Gasteiger partial charge >= 0.3 is 5.97 Å². The monoisotopic (exact) mass is 619 g/mol. The van der Waals surface area contributed by atoms with Crippen LogP contribution in [0.25, 0.3) is 0 Å². The standard InChI is InChI=1S/C29H38BrN3O5S/c1-6-14-32(20-12-10-19(11-13-20)31(8-3)9-4)27(36)25-29-16-21(30)24(39-29)22(28(37)38-15-7-2)23(29)26(35)33(25)18(5)17-34/h6-7,10-13,18,21-25,34H,1-2,8-9,14-17H2,3-5H3/t18-,21?,22-,23+,24-,25?,29?/m1/s1. The smallest absolute Gasteiger partial charge is 0.311 e. The van der Waals surface area contributed by atoms with E-state index in [1.807, 2.05) is 24.3 Å². The van der Waals surface area contributed by atoms with E-state index < -0.39 is 34.6 Å². The van der Waals surface area contributed by atoms with Crippen molar-refractivity contribution >= 4 is 56.9 Å². The predicted molar refractivity (Wildman–Crippen MR) is 159 cm³/mol. The normalized spacial score (nSPS) is 29.6. The first kappa shape index (κ1) is 29.7. The summed E-state index contributed by atoms with van der Waals surface area (Å²) in [6.07, 6.45) is 3.73. The van der Waals surface area contributed by atoms with E-state index in [1.54, 1.807) is 29.7 Å². The summed E-state index contributed by atoms with van der Waals surface area (Å²) in [6.45, 7) is 15.2. The quantitative estimate of drug-likeness (QED) is 0.217. The van der Waals surface area contributed by atoms with Crippen molar-refractivity contribution in [2.24, 2.45) is 11.8 Å². The van der Waals surface area contributed by atoms with Gasteiger partial charge in [-0.3, -0.25) is 14.4 Å². The molecule has 0 aliphatic carbocycles. The Morgan fingerprint density at radius 2 is 1.87 bits per heavy atom. The zero-order valence-electron chi connectivity index (χ0n) is 22.8. The van der Waals surface area contributed by atoms with Crippen molar-refractivity contribution in [2.45, 2.75) is 54.1 Å². The number of nitrogens with zero attached hydrogens (tertiary/aromatic N) is 3. The largest absolute Gasteiger partial charge is 0.461 e. The van der Waals surface area contributed by atoms with E-state index in [1.165, 1.54) is 11.0 Å². The summed E-state index contributed by atoms with van der Waals surface area (Å²) in [6, 6.07) is 6.38. The molecule has 2 amide bonds. The van der Waals surface area contributed by atoms with Gasteiger partial charge in [-0.25, -0.2) is 0 Å². The Balaban J connectivity index is 1.76. The fourth-order valence-corrected chi connectivity index (χ4v) is 10.0. The molecule has 0 aromatic heterocycles. The van der Waals surface area contributed by atoms with Gasteiger partial charge in [-0.05, 0) is 51.5 Å². The van der Waals surface area contributed by atoms with Crippen LogP contribution in [0.5, 0.6) is 0 Å². The first-order chi connectivity index (χ1) is 18.7. The number of carbonyl (C=O) groups is 3. The number of amides is 2. The van der Waals surface area contributed by atoms with Crippen LogP contribution in [-0.4, -0.2) is 87.5 Å². The number of hydrogen-bond acceptors (Lipinski definition) is 7.